The lowest BCUT2D eigenvalue weighted by Gasteiger charge is -2.17. The molecule has 3 N–H and O–H groups in total. The van der Waals surface area contributed by atoms with E-state index < -0.39 is 18.4 Å². The second-order valence-electron chi connectivity index (χ2n) is 5.00. The monoisotopic (exact) mass is 295 g/mol. The van der Waals surface area contributed by atoms with Crippen LogP contribution < -0.4 is 11.1 Å². The first-order chi connectivity index (χ1) is 10.2. The van der Waals surface area contributed by atoms with Gasteiger partial charge in [-0.2, -0.15) is 0 Å². The fraction of sp³-hybridized carbons (Fsp3) is 0.538. The van der Waals surface area contributed by atoms with Gasteiger partial charge in [0.15, 0.2) is 18.0 Å². The minimum Gasteiger partial charge on any atom is -0.397 e. The van der Waals surface area contributed by atoms with E-state index in [1.54, 1.807) is 31.0 Å². The second kappa shape index (κ2) is 5.55. The minimum absolute atomic E-state index is 0.310. The number of nitrogens with one attached hydrogen (secondary N) is 1. The number of alkyl halides is 1. The van der Waals surface area contributed by atoms with Crippen molar-refractivity contribution in [3.05, 3.63) is 18.6 Å². The summed E-state index contributed by atoms with van der Waals surface area (Å²) in [7, 11) is 3.26. The molecule has 21 heavy (non-hydrogen) atoms. The first-order valence-electron chi connectivity index (χ1n) is 6.70. The van der Waals surface area contributed by atoms with Crippen molar-refractivity contribution in [2.24, 2.45) is 0 Å². The van der Waals surface area contributed by atoms with Gasteiger partial charge in [-0.1, -0.05) is 0 Å². The number of nitrogen functional groups attached to an aromatic ring is 1. The summed E-state index contributed by atoms with van der Waals surface area (Å²) in [4.78, 5) is 8.42. The van der Waals surface area contributed by atoms with E-state index >= 15 is 0 Å². The number of hydrogen-bond donors (Lipinski definition) is 2. The van der Waals surface area contributed by atoms with Crippen molar-refractivity contribution in [2.75, 3.05) is 26.5 Å². The molecule has 114 valence electrons. The average Bonchev–Trinajstić information content (AvgIpc) is 3.02. The predicted molar refractivity (Wildman–Crippen MR) is 75.5 cm³/mol. The summed E-state index contributed by atoms with van der Waals surface area (Å²) in [5.41, 5.74) is 7.41. The number of ether oxygens (including phenoxy) is 2. The molecule has 0 spiro atoms. The highest BCUT2D eigenvalue weighted by molar-refractivity contribution is 5.83. The van der Waals surface area contributed by atoms with Gasteiger partial charge in [0.25, 0.3) is 0 Å². The van der Waals surface area contributed by atoms with Gasteiger partial charge in [-0.05, 0) is 13.1 Å². The van der Waals surface area contributed by atoms with Gasteiger partial charge in [0.05, 0.1) is 24.7 Å². The van der Waals surface area contributed by atoms with Crippen LogP contribution in [0, 0.1) is 0 Å². The third-order valence-electron chi connectivity index (χ3n) is 3.76. The summed E-state index contributed by atoms with van der Waals surface area (Å²) >= 11 is 0. The van der Waals surface area contributed by atoms with Gasteiger partial charge < -0.3 is 20.5 Å². The van der Waals surface area contributed by atoms with Gasteiger partial charge in [0.1, 0.15) is 11.6 Å². The number of anilines is 1. The predicted octanol–water partition coefficient (Wildman–Crippen LogP) is 0.483. The number of aromatic nitrogens is 3. The van der Waals surface area contributed by atoms with Crippen molar-refractivity contribution in [3.63, 3.8) is 0 Å². The van der Waals surface area contributed by atoms with Gasteiger partial charge in [-0.25, -0.2) is 14.4 Å². The summed E-state index contributed by atoms with van der Waals surface area (Å²) in [5, 5.41) is 2.94. The van der Waals surface area contributed by atoms with Gasteiger partial charge in [0.2, 0.25) is 0 Å². The van der Waals surface area contributed by atoms with Gasteiger partial charge in [-0.3, -0.25) is 4.57 Å². The number of pyridine rings is 1. The largest absolute Gasteiger partial charge is 0.397 e. The summed E-state index contributed by atoms with van der Waals surface area (Å²) in [6.07, 6.45) is 0.657. The Balaban J connectivity index is 1.97. The van der Waals surface area contributed by atoms with Gasteiger partial charge >= 0.3 is 0 Å². The van der Waals surface area contributed by atoms with E-state index in [0.717, 1.165) is 0 Å². The fourth-order valence-electron chi connectivity index (χ4n) is 2.73. The van der Waals surface area contributed by atoms with Crippen LogP contribution >= 0.6 is 0 Å². The van der Waals surface area contributed by atoms with E-state index in [-0.39, 0.29) is 6.10 Å². The molecular formula is C13H18FN5O2. The normalized spacial score (nSPS) is 29.3. The standard InChI is InChI=1S/C13H18FN5O2/c1-16-11-8(5-20-2)21-13(9(11)14)19-6-18-10-7(15)3-4-17-12(10)19/h3-4,6,8-9,11,13,16H,5H2,1-2H3,(H2,15,17)/t8-,9+,11-,13-/m1/s1. The Morgan fingerprint density at radius 3 is 3.05 bits per heavy atom. The molecule has 7 nitrogen and oxygen atoms in total. The number of hydrogen-bond acceptors (Lipinski definition) is 6. The van der Waals surface area contributed by atoms with Crippen molar-refractivity contribution in [3.8, 4) is 0 Å². The van der Waals surface area contributed by atoms with Crippen molar-refractivity contribution in [2.45, 2.75) is 24.5 Å². The molecule has 0 bridgehead atoms. The third-order valence-corrected chi connectivity index (χ3v) is 3.76. The highest BCUT2D eigenvalue weighted by atomic mass is 19.1. The molecule has 8 heteroatoms. The van der Waals surface area contributed by atoms with Crippen LogP contribution in [0.1, 0.15) is 6.23 Å². The summed E-state index contributed by atoms with van der Waals surface area (Å²) in [5.74, 6) is 0. The number of fused-ring (bicyclic) bond motifs is 1. The zero-order valence-electron chi connectivity index (χ0n) is 11.9. The van der Waals surface area contributed by atoms with E-state index in [1.165, 1.54) is 6.33 Å². The van der Waals surface area contributed by atoms with Crippen LogP contribution in [0.5, 0.6) is 0 Å². The molecule has 0 amide bonds. The molecule has 0 aromatic carbocycles. The summed E-state index contributed by atoms with van der Waals surface area (Å²) in [6, 6.07) is 1.21. The first-order valence-corrected chi connectivity index (χ1v) is 6.70. The number of halogens is 1. The fourth-order valence-corrected chi connectivity index (χ4v) is 2.73. The van der Waals surface area contributed by atoms with Crippen LogP contribution in [0.25, 0.3) is 11.2 Å². The molecule has 0 saturated carbocycles. The summed E-state index contributed by atoms with van der Waals surface area (Å²) in [6.45, 7) is 0.310. The molecule has 1 saturated heterocycles. The van der Waals surface area contributed by atoms with Crippen molar-refractivity contribution in [1.29, 1.82) is 0 Å². The zero-order chi connectivity index (χ0) is 15.0. The molecule has 3 rings (SSSR count). The lowest BCUT2D eigenvalue weighted by atomic mass is 10.1. The molecule has 3 heterocycles. The molecule has 0 aliphatic carbocycles. The number of nitrogens with zero attached hydrogens (tertiary/aromatic N) is 3. The molecular weight excluding hydrogens is 277 g/mol. The van der Waals surface area contributed by atoms with Crippen molar-refractivity contribution < 1.29 is 13.9 Å². The lowest BCUT2D eigenvalue weighted by molar-refractivity contribution is -0.0442. The molecule has 1 aliphatic heterocycles. The SMILES string of the molecule is CN[C@H]1[C@H](F)[C@H](n2cnc3c(N)ccnc32)O[C@@H]1COC. The van der Waals surface area contributed by atoms with E-state index in [9.17, 15) is 4.39 Å². The Bertz CT molecular complexity index is 634. The van der Waals surface area contributed by atoms with Crippen LogP contribution in [0.3, 0.4) is 0 Å². The first kappa shape index (κ1) is 14.2. The maximum atomic E-state index is 14.7. The van der Waals surface area contributed by atoms with Crippen LogP contribution in [-0.4, -0.2) is 53.6 Å². The number of methoxy groups -OCH3 is 1. The van der Waals surface area contributed by atoms with Crippen LogP contribution in [0.2, 0.25) is 0 Å². The van der Waals surface area contributed by atoms with E-state index in [2.05, 4.69) is 15.3 Å². The highest BCUT2D eigenvalue weighted by Gasteiger charge is 2.45. The number of imidazole rings is 1. The third kappa shape index (κ3) is 2.25. The van der Waals surface area contributed by atoms with Crippen molar-refractivity contribution in [1.82, 2.24) is 19.9 Å². The zero-order valence-corrected chi connectivity index (χ0v) is 11.9. The van der Waals surface area contributed by atoms with E-state index in [4.69, 9.17) is 15.2 Å². The molecule has 0 unspecified atom stereocenters. The Kier molecular flexibility index (Phi) is 3.75. The summed E-state index contributed by atoms with van der Waals surface area (Å²) < 4.78 is 27.1. The molecule has 0 radical (unpaired) electrons. The Hall–Kier alpha value is -1.77. The molecule has 2 aromatic heterocycles. The van der Waals surface area contributed by atoms with Gasteiger partial charge in [0, 0.05) is 13.3 Å². The molecule has 4 atom stereocenters. The number of likely N-dealkylation sites (N-methyl/N-ethyl adjacent to an activating group) is 1. The lowest BCUT2D eigenvalue weighted by Crippen LogP contribution is -2.42. The minimum atomic E-state index is -1.24. The molecule has 1 fully saturated rings. The van der Waals surface area contributed by atoms with E-state index in [0.29, 0.717) is 23.5 Å². The number of nitrogens with two attached hydrogens (primary N) is 1. The van der Waals surface area contributed by atoms with Crippen LogP contribution in [-0.2, 0) is 9.47 Å². The highest BCUT2D eigenvalue weighted by Crippen LogP contribution is 2.34. The van der Waals surface area contributed by atoms with Crippen molar-refractivity contribution >= 4 is 16.9 Å². The number of rotatable bonds is 4. The smallest absolute Gasteiger partial charge is 0.170 e. The average molecular weight is 295 g/mol. The maximum absolute atomic E-state index is 14.7. The van der Waals surface area contributed by atoms with Gasteiger partial charge in [-0.15, -0.1) is 0 Å². The van der Waals surface area contributed by atoms with Crippen LogP contribution in [0.15, 0.2) is 18.6 Å². The van der Waals surface area contributed by atoms with E-state index in [1.807, 2.05) is 0 Å². The molecule has 1 aliphatic rings. The Morgan fingerprint density at radius 2 is 2.33 bits per heavy atom. The maximum Gasteiger partial charge on any atom is 0.170 e. The topological polar surface area (TPSA) is 87.2 Å². The quantitative estimate of drug-likeness (QED) is 0.853. The molecule has 2 aromatic rings. The van der Waals surface area contributed by atoms with Crippen LogP contribution in [0.4, 0.5) is 10.1 Å². The second-order valence-corrected chi connectivity index (χ2v) is 5.00. The Morgan fingerprint density at radius 1 is 1.52 bits per heavy atom. The Labute approximate surface area is 121 Å².